The Morgan fingerprint density at radius 2 is 1.57 bits per heavy atom. The fraction of sp³-hybridized carbons (Fsp3) is 1.00. The normalized spacial score (nSPS) is 26.7. The third-order valence-electron chi connectivity index (χ3n) is 5.56. The number of hydrogen-bond acceptors (Lipinski definition) is 3. The largest absolute Gasteiger partial charge is 0.326 e. The highest BCUT2D eigenvalue weighted by molar-refractivity contribution is 4.93. The molecule has 0 aromatic carbocycles. The van der Waals surface area contributed by atoms with Crippen LogP contribution in [0.5, 0.6) is 0 Å². The van der Waals surface area contributed by atoms with Gasteiger partial charge in [-0.2, -0.15) is 0 Å². The molecule has 0 aromatic heterocycles. The number of rotatable bonds is 4. The van der Waals surface area contributed by atoms with Gasteiger partial charge < -0.3 is 10.6 Å². The highest BCUT2D eigenvalue weighted by Gasteiger charge is 2.37. The molecule has 3 heteroatoms. The number of nitrogens with zero attached hydrogens (tertiary/aromatic N) is 2. The summed E-state index contributed by atoms with van der Waals surface area (Å²) in [6.45, 7) is 14.4. The smallest absolute Gasteiger partial charge is 0.0295 e. The Morgan fingerprint density at radius 3 is 2.05 bits per heavy atom. The lowest BCUT2D eigenvalue weighted by Gasteiger charge is -2.48. The van der Waals surface area contributed by atoms with Gasteiger partial charge in [0.2, 0.25) is 0 Å². The van der Waals surface area contributed by atoms with E-state index in [-0.39, 0.29) is 5.41 Å². The van der Waals surface area contributed by atoms with Crippen LogP contribution in [0.25, 0.3) is 0 Å². The van der Waals surface area contributed by atoms with E-state index in [4.69, 9.17) is 5.73 Å². The molecule has 3 nitrogen and oxygen atoms in total. The van der Waals surface area contributed by atoms with Crippen LogP contribution in [0, 0.1) is 5.41 Å². The lowest BCUT2D eigenvalue weighted by atomic mass is 9.79. The van der Waals surface area contributed by atoms with E-state index in [9.17, 15) is 0 Å². The molecule has 124 valence electrons. The number of piperidine rings is 2. The highest BCUT2D eigenvalue weighted by Crippen LogP contribution is 2.31. The van der Waals surface area contributed by atoms with Gasteiger partial charge >= 0.3 is 0 Å². The number of nitrogens with two attached hydrogens (primary N) is 1. The average molecular weight is 296 g/mol. The van der Waals surface area contributed by atoms with E-state index in [1.165, 1.54) is 58.3 Å². The Hall–Kier alpha value is -0.120. The van der Waals surface area contributed by atoms with Crippen molar-refractivity contribution in [2.45, 2.75) is 84.3 Å². The minimum atomic E-state index is 0.271. The van der Waals surface area contributed by atoms with Crippen molar-refractivity contribution in [3.05, 3.63) is 0 Å². The van der Waals surface area contributed by atoms with Crippen molar-refractivity contribution in [3.8, 4) is 0 Å². The third kappa shape index (κ3) is 4.43. The van der Waals surface area contributed by atoms with E-state index < -0.39 is 0 Å². The van der Waals surface area contributed by atoms with Gasteiger partial charge in [-0.1, -0.05) is 34.1 Å². The van der Waals surface area contributed by atoms with E-state index in [1.807, 2.05) is 0 Å². The first-order chi connectivity index (χ1) is 9.93. The third-order valence-corrected chi connectivity index (χ3v) is 5.56. The van der Waals surface area contributed by atoms with Gasteiger partial charge in [-0.25, -0.2) is 0 Å². The van der Waals surface area contributed by atoms with E-state index in [0.29, 0.717) is 12.1 Å². The SMILES string of the molecule is CCC(N)C(N1CCC(N2CCCCC2)CC1)C(C)(C)C. The van der Waals surface area contributed by atoms with Crippen molar-refractivity contribution in [2.24, 2.45) is 11.1 Å². The maximum Gasteiger partial charge on any atom is 0.0295 e. The molecule has 2 fully saturated rings. The maximum absolute atomic E-state index is 6.46. The van der Waals surface area contributed by atoms with Gasteiger partial charge in [0.05, 0.1) is 0 Å². The van der Waals surface area contributed by atoms with Crippen molar-refractivity contribution in [1.82, 2.24) is 9.80 Å². The summed E-state index contributed by atoms with van der Waals surface area (Å²) in [4.78, 5) is 5.45. The molecule has 21 heavy (non-hydrogen) atoms. The molecule has 0 saturated carbocycles. The van der Waals surface area contributed by atoms with Gasteiger partial charge in [-0.05, 0) is 50.6 Å². The predicted octanol–water partition coefficient (Wildman–Crippen LogP) is 3.09. The zero-order valence-electron chi connectivity index (χ0n) is 14.8. The zero-order valence-corrected chi connectivity index (χ0v) is 14.8. The first kappa shape index (κ1) is 17.2. The monoisotopic (exact) mass is 295 g/mol. The zero-order chi connectivity index (χ0) is 15.5. The van der Waals surface area contributed by atoms with E-state index >= 15 is 0 Å². The van der Waals surface area contributed by atoms with Crippen LogP contribution in [0.1, 0.15) is 66.2 Å². The second-order valence-corrected chi connectivity index (χ2v) is 8.25. The standard InChI is InChI=1S/C18H37N3/c1-5-16(19)17(18(2,3)4)21-13-9-15(10-14-21)20-11-7-6-8-12-20/h15-17H,5-14,19H2,1-4H3. The van der Waals surface area contributed by atoms with Crippen molar-refractivity contribution in [1.29, 1.82) is 0 Å². The Bertz CT molecular complexity index is 296. The van der Waals surface area contributed by atoms with Crippen molar-refractivity contribution < 1.29 is 0 Å². The van der Waals surface area contributed by atoms with E-state index in [0.717, 1.165) is 12.5 Å². The Morgan fingerprint density at radius 1 is 1.00 bits per heavy atom. The van der Waals surface area contributed by atoms with Gasteiger partial charge in [0.15, 0.2) is 0 Å². The molecule has 2 rings (SSSR count). The van der Waals surface area contributed by atoms with Crippen LogP contribution in [0.4, 0.5) is 0 Å². The van der Waals surface area contributed by atoms with E-state index in [2.05, 4.69) is 37.5 Å². The molecular formula is C18H37N3. The van der Waals surface area contributed by atoms with Crippen LogP contribution in [0.3, 0.4) is 0 Å². The molecule has 2 unspecified atom stereocenters. The molecule has 0 aromatic rings. The summed E-state index contributed by atoms with van der Waals surface area (Å²) in [7, 11) is 0. The summed E-state index contributed by atoms with van der Waals surface area (Å²) in [6, 6.07) is 1.65. The fourth-order valence-corrected chi connectivity index (χ4v) is 4.50. The lowest BCUT2D eigenvalue weighted by molar-refractivity contribution is 0.0248. The molecule has 0 amide bonds. The van der Waals surface area contributed by atoms with Gasteiger partial charge in [0, 0.05) is 31.2 Å². The van der Waals surface area contributed by atoms with Crippen LogP contribution >= 0.6 is 0 Å². The first-order valence-electron chi connectivity index (χ1n) is 9.17. The summed E-state index contributed by atoms with van der Waals surface area (Å²) in [5.74, 6) is 0. The summed E-state index contributed by atoms with van der Waals surface area (Å²) in [5, 5.41) is 0. The summed E-state index contributed by atoms with van der Waals surface area (Å²) in [5.41, 5.74) is 6.73. The predicted molar refractivity (Wildman–Crippen MR) is 91.5 cm³/mol. The summed E-state index contributed by atoms with van der Waals surface area (Å²) in [6.07, 6.45) is 8.00. The van der Waals surface area contributed by atoms with Crippen molar-refractivity contribution >= 4 is 0 Å². The molecule has 2 aliphatic heterocycles. The van der Waals surface area contributed by atoms with Crippen molar-refractivity contribution in [2.75, 3.05) is 26.2 Å². The first-order valence-corrected chi connectivity index (χ1v) is 9.17. The van der Waals surface area contributed by atoms with E-state index in [1.54, 1.807) is 0 Å². The topological polar surface area (TPSA) is 32.5 Å². The molecule has 2 atom stereocenters. The number of likely N-dealkylation sites (tertiary alicyclic amines) is 2. The Kier molecular flexibility index (Phi) is 6.10. The second-order valence-electron chi connectivity index (χ2n) is 8.25. The molecule has 2 heterocycles. The molecular weight excluding hydrogens is 258 g/mol. The van der Waals surface area contributed by atoms with Gasteiger partial charge in [0.25, 0.3) is 0 Å². The Balaban J connectivity index is 1.91. The molecule has 2 aliphatic rings. The quantitative estimate of drug-likeness (QED) is 0.865. The van der Waals surface area contributed by atoms with Gasteiger partial charge in [0.1, 0.15) is 0 Å². The summed E-state index contributed by atoms with van der Waals surface area (Å²) >= 11 is 0. The van der Waals surface area contributed by atoms with Crippen LogP contribution in [0.2, 0.25) is 0 Å². The van der Waals surface area contributed by atoms with Crippen LogP contribution in [-0.2, 0) is 0 Å². The van der Waals surface area contributed by atoms with Gasteiger partial charge in [-0.3, -0.25) is 4.90 Å². The van der Waals surface area contributed by atoms with Crippen LogP contribution in [0.15, 0.2) is 0 Å². The fourth-order valence-electron chi connectivity index (χ4n) is 4.50. The molecule has 0 spiro atoms. The Labute approximate surface area is 132 Å². The second kappa shape index (κ2) is 7.43. The molecule has 0 radical (unpaired) electrons. The van der Waals surface area contributed by atoms with Gasteiger partial charge in [-0.15, -0.1) is 0 Å². The summed E-state index contributed by atoms with van der Waals surface area (Å²) < 4.78 is 0. The molecule has 2 N–H and O–H groups in total. The van der Waals surface area contributed by atoms with Crippen molar-refractivity contribution in [3.63, 3.8) is 0 Å². The maximum atomic E-state index is 6.46. The average Bonchev–Trinajstić information content (AvgIpc) is 2.47. The highest BCUT2D eigenvalue weighted by atomic mass is 15.2. The minimum absolute atomic E-state index is 0.271. The molecule has 2 saturated heterocycles. The minimum Gasteiger partial charge on any atom is -0.326 e. The van der Waals surface area contributed by atoms with Crippen LogP contribution < -0.4 is 5.73 Å². The molecule has 0 bridgehead atoms. The number of hydrogen-bond donors (Lipinski definition) is 1. The molecule has 0 aliphatic carbocycles. The lowest BCUT2D eigenvalue weighted by Crippen LogP contribution is -2.58. The van der Waals surface area contributed by atoms with Crippen LogP contribution in [-0.4, -0.2) is 54.1 Å².